The van der Waals surface area contributed by atoms with Crippen molar-refractivity contribution in [3.63, 3.8) is 0 Å². The SMILES string of the molecule is OCC1CCCN(c2ncncc2Br)C1. The van der Waals surface area contributed by atoms with Crippen LogP contribution < -0.4 is 4.90 Å². The Hall–Kier alpha value is -0.680. The molecule has 1 aromatic heterocycles. The third kappa shape index (κ3) is 2.46. The first-order valence-corrected chi connectivity index (χ1v) is 5.92. The summed E-state index contributed by atoms with van der Waals surface area (Å²) in [6.45, 7) is 2.15. The number of hydrogen-bond acceptors (Lipinski definition) is 4. The van der Waals surface area contributed by atoms with Gasteiger partial charge in [-0.25, -0.2) is 9.97 Å². The van der Waals surface area contributed by atoms with Crippen LogP contribution in [0.5, 0.6) is 0 Å². The summed E-state index contributed by atoms with van der Waals surface area (Å²) in [6, 6.07) is 0. The largest absolute Gasteiger partial charge is 0.396 e. The van der Waals surface area contributed by atoms with Crippen molar-refractivity contribution in [3.8, 4) is 0 Å². The fourth-order valence-electron chi connectivity index (χ4n) is 1.95. The molecule has 1 unspecified atom stereocenters. The van der Waals surface area contributed by atoms with E-state index in [-0.39, 0.29) is 6.61 Å². The fraction of sp³-hybridized carbons (Fsp3) is 0.600. The highest BCUT2D eigenvalue weighted by Gasteiger charge is 2.21. The van der Waals surface area contributed by atoms with E-state index < -0.39 is 0 Å². The number of hydrogen-bond donors (Lipinski definition) is 1. The smallest absolute Gasteiger partial charge is 0.146 e. The molecule has 1 saturated heterocycles. The van der Waals surface area contributed by atoms with Gasteiger partial charge in [-0.2, -0.15) is 0 Å². The molecule has 4 nitrogen and oxygen atoms in total. The van der Waals surface area contributed by atoms with E-state index in [0.717, 1.165) is 36.2 Å². The molecule has 2 heterocycles. The van der Waals surface area contributed by atoms with Gasteiger partial charge in [0.25, 0.3) is 0 Å². The molecule has 0 saturated carbocycles. The van der Waals surface area contributed by atoms with E-state index in [2.05, 4.69) is 30.8 Å². The van der Waals surface area contributed by atoms with Crippen LogP contribution in [0.15, 0.2) is 17.0 Å². The Morgan fingerprint density at radius 3 is 3.20 bits per heavy atom. The van der Waals surface area contributed by atoms with Gasteiger partial charge in [0, 0.05) is 25.9 Å². The normalized spacial score (nSPS) is 21.7. The molecule has 0 amide bonds. The molecule has 5 heteroatoms. The zero-order chi connectivity index (χ0) is 10.7. The van der Waals surface area contributed by atoms with Crippen LogP contribution in [0.25, 0.3) is 0 Å². The van der Waals surface area contributed by atoms with Crippen LogP contribution in [0.3, 0.4) is 0 Å². The maximum atomic E-state index is 9.15. The van der Waals surface area contributed by atoms with E-state index in [1.54, 1.807) is 12.5 Å². The van der Waals surface area contributed by atoms with Crippen LogP contribution in [0.2, 0.25) is 0 Å². The molecule has 1 fully saturated rings. The van der Waals surface area contributed by atoms with Crippen molar-refractivity contribution in [3.05, 3.63) is 17.0 Å². The Labute approximate surface area is 97.5 Å². The zero-order valence-electron chi connectivity index (χ0n) is 8.43. The van der Waals surface area contributed by atoms with Crippen molar-refractivity contribution in [1.82, 2.24) is 9.97 Å². The van der Waals surface area contributed by atoms with E-state index >= 15 is 0 Å². The van der Waals surface area contributed by atoms with Crippen LogP contribution in [0.1, 0.15) is 12.8 Å². The summed E-state index contributed by atoms with van der Waals surface area (Å²) in [7, 11) is 0. The van der Waals surface area contributed by atoms with Gasteiger partial charge >= 0.3 is 0 Å². The van der Waals surface area contributed by atoms with Crippen LogP contribution in [0, 0.1) is 5.92 Å². The van der Waals surface area contributed by atoms with E-state index in [4.69, 9.17) is 5.11 Å². The molecule has 0 aliphatic carbocycles. The number of rotatable bonds is 2. The first kappa shape index (κ1) is 10.8. The molecule has 0 spiro atoms. The highest BCUT2D eigenvalue weighted by molar-refractivity contribution is 9.10. The summed E-state index contributed by atoms with van der Waals surface area (Å²) in [5.41, 5.74) is 0. The monoisotopic (exact) mass is 271 g/mol. The van der Waals surface area contributed by atoms with E-state index in [9.17, 15) is 0 Å². The highest BCUT2D eigenvalue weighted by atomic mass is 79.9. The number of halogens is 1. The molecular weight excluding hydrogens is 258 g/mol. The van der Waals surface area contributed by atoms with Gasteiger partial charge in [-0.1, -0.05) is 0 Å². The van der Waals surface area contributed by atoms with E-state index in [1.165, 1.54) is 0 Å². The van der Waals surface area contributed by atoms with Gasteiger partial charge in [-0.3, -0.25) is 0 Å². The quantitative estimate of drug-likeness (QED) is 0.885. The van der Waals surface area contributed by atoms with Gasteiger partial charge in [0.15, 0.2) is 0 Å². The summed E-state index contributed by atoms with van der Waals surface area (Å²) >= 11 is 3.44. The molecular formula is C10H14BrN3O. The average molecular weight is 272 g/mol. The second-order valence-corrected chi connectivity index (χ2v) is 4.69. The van der Waals surface area contributed by atoms with E-state index in [1.807, 2.05) is 0 Å². The average Bonchev–Trinajstić information content (AvgIpc) is 2.30. The van der Waals surface area contributed by atoms with Crippen molar-refractivity contribution in [2.45, 2.75) is 12.8 Å². The number of aliphatic hydroxyl groups excluding tert-OH is 1. The summed E-state index contributed by atoms with van der Waals surface area (Å²) in [6.07, 6.45) is 5.53. The maximum absolute atomic E-state index is 9.15. The molecule has 1 aromatic rings. The molecule has 15 heavy (non-hydrogen) atoms. The van der Waals surface area contributed by atoms with Crippen molar-refractivity contribution < 1.29 is 5.11 Å². The van der Waals surface area contributed by atoms with Crippen molar-refractivity contribution >= 4 is 21.7 Å². The van der Waals surface area contributed by atoms with Gasteiger partial charge in [0.1, 0.15) is 12.1 Å². The van der Waals surface area contributed by atoms with Crippen LogP contribution in [0.4, 0.5) is 5.82 Å². The van der Waals surface area contributed by atoms with Crippen molar-refractivity contribution in [2.75, 3.05) is 24.6 Å². The summed E-state index contributed by atoms with van der Waals surface area (Å²) in [5, 5.41) is 9.15. The van der Waals surface area contributed by atoms with Crippen LogP contribution >= 0.6 is 15.9 Å². The van der Waals surface area contributed by atoms with Gasteiger partial charge < -0.3 is 10.0 Å². The topological polar surface area (TPSA) is 49.2 Å². The second kappa shape index (κ2) is 4.90. The summed E-state index contributed by atoms with van der Waals surface area (Å²) in [5.74, 6) is 1.31. The Balaban J connectivity index is 2.13. The molecule has 0 bridgehead atoms. The molecule has 0 aromatic carbocycles. The van der Waals surface area contributed by atoms with Crippen molar-refractivity contribution in [1.29, 1.82) is 0 Å². The van der Waals surface area contributed by atoms with Gasteiger partial charge in [0.2, 0.25) is 0 Å². The molecule has 2 rings (SSSR count). The Morgan fingerprint density at radius 1 is 1.60 bits per heavy atom. The number of aromatic nitrogens is 2. The third-order valence-corrected chi connectivity index (χ3v) is 3.28. The minimum Gasteiger partial charge on any atom is -0.396 e. The lowest BCUT2D eigenvalue weighted by molar-refractivity contribution is 0.208. The standard InChI is InChI=1S/C10H14BrN3O/c11-9-4-12-7-13-10(9)14-3-1-2-8(5-14)6-15/h4,7-8,15H,1-3,5-6H2. The highest BCUT2D eigenvalue weighted by Crippen LogP contribution is 2.26. The molecule has 1 atom stereocenters. The van der Waals surface area contributed by atoms with Crippen LogP contribution in [-0.4, -0.2) is 34.8 Å². The lowest BCUT2D eigenvalue weighted by Gasteiger charge is -2.33. The lowest BCUT2D eigenvalue weighted by atomic mass is 9.99. The Kier molecular flexibility index (Phi) is 3.53. The number of nitrogens with zero attached hydrogens (tertiary/aromatic N) is 3. The lowest BCUT2D eigenvalue weighted by Crippen LogP contribution is -2.37. The molecule has 1 aliphatic rings. The maximum Gasteiger partial charge on any atom is 0.146 e. The molecule has 1 aliphatic heterocycles. The first-order chi connectivity index (χ1) is 7.31. The zero-order valence-corrected chi connectivity index (χ0v) is 10.0. The first-order valence-electron chi connectivity index (χ1n) is 5.12. The predicted octanol–water partition coefficient (Wildman–Crippen LogP) is 1.45. The van der Waals surface area contributed by atoms with Gasteiger partial charge in [-0.15, -0.1) is 0 Å². The van der Waals surface area contributed by atoms with E-state index in [0.29, 0.717) is 5.92 Å². The fourth-order valence-corrected chi connectivity index (χ4v) is 2.42. The minimum absolute atomic E-state index is 0.263. The number of piperidine rings is 1. The molecule has 82 valence electrons. The van der Waals surface area contributed by atoms with Gasteiger partial charge in [0.05, 0.1) is 4.47 Å². The molecule has 1 N–H and O–H groups in total. The number of anilines is 1. The second-order valence-electron chi connectivity index (χ2n) is 3.83. The Bertz CT molecular complexity index is 334. The third-order valence-electron chi connectivity index (χ3n) is 2.72. The van der Waals surface area contributed by atoms with Crippen LogP contribution in [-0.2, 0) is 0 Å². The summed E-state index contributed by atoms with van der Waals surface area (Å²) in [4.78, 5) is 10.4. The number of aliphatic hydroxyl groups is 1. The minimum atomic E-state index is 0.263. The van der Waals surface area contributed by atoms with Gasteiger partial charge in [-0.05, 0) is 34.7 Å². The van der Waals surface area contributed by atoms with Crippen molar-refractivity contribution in [2.24, 2.45) is 5.92 Å². The predicted molar refractivity (Wildman–Crippen MR) is 61.8 cm³/mol. The summed E-state index contributed by atoms with van der Waals surface area (Å²) < 4.78 is 0.920. The molecule has 0 radical (unpaired) electrons. The Morgan fingerprint density at radius 2 is 2.47 bits per heavy atom.